The van der Waals surface area contributed by atoms with Crippen LogP contribution in [0.15, 0.2) is 35.5 Å². The third kappa shape index (κ3) is 4.11. The van der Waals surface area contributed by atoms with Gasteiger partial charge in [-0.2, -0.15) is 0 Å². The molecule has 0 radical (unpaired) electrons. The number of hydrogen-bond acceptors (Lipinski definition) is 1. The van der Waals surface area contributed by atoms with E-state index in [0.717, 1.165) is 5.56 Å². The molecule has 3 nitrogen and oxygen atoms in total. The SMILES string of the molecule is [N-]=[N+]=NCCC=Cc1ccc(C(F)F)cc1. The number of rotatable bonds is 5. The summed E-state index contributed by atoms with van der Waals surface area (Å²) in [6.07, 6.45) is 1.86. The normalized spacial score (nSPS) is 10.7. The first-order valence-electron chi connectivity index (χ1n) is 4.79. The summed E-state index contributed by atoms with van der Waals surface area (Å²) in [7, 11) is 0. The lowest BCUT2D eigenvalue weighted by Gasteiger charge is -1.99. The van der Waals surface area contributed by atoms with E-state index in [1.165, 1.54) is 12.1 Å². The maximum Gasteiger partial charge on any atom is 0.263 e. The first-order valence-corrected chi connectivity index (χ1v) is 4.79. The van der Waals surface area contributed by atoms with Gasteiger partial charge in [0, 0.05) is 17.0 Å². The fraction of sp³-hybridized carbons (Fsp3) is 0.273. The molecule has 16 heavy (non-hydrogen) atoms. The Morgan fingerprint density at radius 2 is 2.00 bits per heavy atom. The molecule has 0 bridgehead atoms. The quantitative estimate of drug-likeness (QED) is 0.308. The molecule has 1 aromatic carbocycles. The fourth-order valence-electron chi connectivity index (χ4n) is 1.15. The third-order valence-electron chi connectivity index (χ3n) is 1.96. The number of alkyl halides is 2. The molecular weight excluding hydrogens is 212 g/mol. The molecule has 0 aromatic heterocycles. The number of benzene rings is 1. The minimum Gasteiger partial charge on any atom is -0.205 e. The van der Waals surface area contributed by atoms with E-state index in [4.69, 9.17) is 5.53 Å². The van der Waals surface area contributed by atoms with Crippen molar-refractivity contribution in [3.63, 3.8) is 0 Å². The molecule has 0 heterocycles. The van der Waals surface area contributed by atoms with Gasteiger partial charge in [0.05, 0.1) is 0 Å². The summed E-state index contributed by atoms with van der Waals surface area (Å²) < 4.78 is 24.5. The van der Waals surface area contributed by atoms with Crippen LogP contribution in [0, 0.1) is 0 Å². The summed E-state index contributed by atoms with van der Waals surface area (Å²) in [5.41, 5.74) is 8.90. The van der Waals surface area contributed by atoms with Crippen LogP contribution in [0.25, 0.3) is 16.5 Å². The first kappa shape index (κ1) is 12.2. The van der Waals surface area contributed by atoms with Gasteiger partial charge in [0.2, 0.25) is 0 Å². The lowest BCUT2D eigenvalue weighted by atomic mass is 10.1. The van der Waals surface area contributed by atoms with Crippen molar-refractivity contribution in [2.45, 2.75) is 12.8 Å². The lowest BCUT2D eigenvalue weighted by molar-refractivity contribution is 0.151. The maximum atomic E-state index is 12.2. The summed E-state index contributed by atoms with van der Waals surface area (Å²) in [6.45, 7) is 0.405. The third-order valence-corrected chi connectivity index (χ3v) is 1.96. The zero-order valence-electron chi connectivity index (χ0n) is 8.55. The molecule has 0 saturated heterocycles. The van der Waals surface area contributed by atoms with Gasteiger partial charge in [-0.05, 0) is 17.5 Å². The number of azide groups is 1. The van der Waals surface area contributed by atoms with Gasteiger partial charge in [0.25, 0.3) is 6.43 Å². The zero-order valence-corrected chi connectivity index (χ0v) is 8.55. The first-order chi connectivity index (χ1) is 7.74. The topological polar surface area (TPSA) is 48.8 Å². The van der Waals surface area contributed by atoms with Crippen molar-refractivity contribution in [2.24, 2.45) is 5.11 Å². The van der Waals surface area contributed by atoms with Gasteiger partial charge in [-0.25, -0.2) is 8.78 Å². The van der Waals surface area contributed by atoms with Crippen molar-refractivity contribution < 1.29 is 8.78 Å². The Hall–Kier alpha value is -1.87. The Kier molecular flexibility index (Phi) is 5.02. The molecule has 0 fully saturated rings. The van der Waals surface area contributed by atoms with Gasteiger partial charge in [-0.15, -0.1) is 0 Å². The van der Waals surface area contributed by atoms with E-state index in [0.29, 0.717) is 13.0 Å². The standard InChI is InChI=1S/C11H11F2N3/c12-11(13)10-6-4-9(5-7-10)3-1-2-8-15-16-14/h1,3-7,11H,2,8H2. The molecule has 1 aromatic rings. The van der Waals surface area contributed by atoms with E-state index < -0.39 is 6.43 Å². The lowest BCUT2D eigenvalue weighted by Crippen LogP contribution is -1.83. The minimum atomic E-state index is -2.43. The average Bonchev–Trinajstić information content (AvgIpc) is 2.29. The molecule has 0 aliphatic heterocycles. The van der Waals surface area contributed by atoms with Crippen LogP contribution in [0.4, 0.5) is 8.78 Å². The van der Waals surface area contributed by atoms with E-state index in [-0.39, 0.29) is 5.56 Å². The molecule has 0 atom stereocenters. The Morgan fingerprint density at radius 3 is 2.56 bits per heavy atom. The summed E-state index contributed by atoms with van der Waals surface area (Å²) in [4.78, 5) is 2.62. The number of halogens is 2. The fourth-order valence-corrected chi connectivity index (χ4v) is 1.15. The maximum absolute atomic E-state index is 12.2. The molecule has 0 amide bonds. The van der Waals surface area contributed by atoms with Crippen molar-refractivity contribution in [2.75, 3.05) is 6.54 Å². The second-order valence-corrected chi connectivity index (χ2v) is 3.11. The van der Waals surface area contributed by atoms with Gasteiger partial charge >= 0.3 is 0 Å². The second-order valence-electron chi connectivity index (χ2n) is 3.11. The average molecular weight is 223 g/mol. The molecule has 84 valence electrons. The van der Waals surface area contributed by atoms with Crippen LogP contribution < -0.4 is 0 Å². The van der Waals surface area contributed by atoms with Crippen LogP contribution >= 0.6 is 0 Å². The molecule has 0 saturated carbocycles. The van der Waals surface area contributed by atoms with Gasteiger partial charge in [0.1, 0.15) is 0 Å². The number of nitrogens with zero attached hydrogens (tertiary/aromatic N) is 3. The van der Waals surface area contributed by atoms with Crippen LogP contribution in [0.1, 0.15) is 24.0 Å². The Morgan fingerprint density at radius 1 is 1.31 bits per heavy atom. The van der Waals surface area contributed by atoms with Crippen molar-refractivity contribution in [1.29, 1.82) is 0 Å². The summed E-state index contributed by atoms with van der Waals surface area (Å²) in [5, 5.41) is 3.37. The van der Waals surface area contributed by atoms with E-state index in [2.05, 4.69) is 10.0 Å². The minimum absolute atomic E-state index is 0.0197. The molecule has 0 aliphatic rings. The van der Waals surface area contributed by atoms with Crippen molar-refractivity contribution in [3.05, 3.63) is 51.9 Å². The van der Waals surface area contributed by atoms with E-state index in [1.807, 2.05) is 12.2 Å². The predicted molar refractivity (Wildman–Crippen MR) is 59.1 cm³/mol. The van der Waals surface area contributed by atoms with Gasteiger partial charge in [-0.1, -0.05) is 41.5 Å². The largest absolute Gasteiger partial charge is 0.263 e. The van der Waals surface area contributed by atoms with Crippen LogP contribution in [-0.4, -0.2) is 6.54 Å². The van der Waals surface area contributed by atoms with Gasteiger partial charge in [-0.3, -0.25) is 0 Å². The molecule has 0 unspecified atom stereocenters. The van der Waals surface area contributed by atoms with Crippen LogP contribution in [-0.2, 0) is 0 Å². The summed E-state index contributed by atoms with van der Waals surface area (Å²) in [6, 6.07) is 6.06. The van der Waals surface area contributed by atoms with E-state index >= 15 is 0 Å². The van der Waals surface area contributed by atoms with Crippen LogP contribution in [0.2, 0.25) is 0 Å². The Balaban J connectivity index is 2.51. The zero-order chi connectivity index (χ0) is 11.8. The molecular formula is C11H11F2N3. The smallest absolute Gasteiger partial charge is 0.205 e. The highest BCUT2D eigenvalue weighted by atomic mass is 19.3. The van der Waals surface area contributed by atoms with Crippen molar-refractivity contribution in [3.8, 4) is 0 Å². The second kappa shape index (κ2) is 6.58. The van der Waals surface area contributed by atoms with Crippen molar-refractivity contribution >= 4 is 6.08 Å². The molecule has 0 spiro atoms. The van der Waals surface area contributed by atoms with Gasteiger partial charge in [0.15, 0.2) is 0 Å². The van der Waals surface area contributed by atoms with Gasteiger partial charge < -0.3 is 0 Å². The predicted octanol–water partition coefficient (Wildman–Crippen LogP) is 4.34. The van der Waals surface area contributed by atoms with Crippen molar-refractivity contribution in [1.82, 2.24) is 0 Å². The Bertz CT molecular complexity index is 392. The highest BCUT2D eigenvalue weighted by Gasteiger charge is 2.04. The highest BCUT2D eigenvalue weighted by molar-refractivity contribution is 5.49. The number of hydrogen-bond donors (Lipinski definition) is 0. The summed E-state index contributed by atoms with van der Waals surface area (Å²) in [5.74, 6) is 0. The monoisotopic (exact) mass is 223 g/mol. The molecule has 5 heteroatoms. The highest BCUT2D eigenvalue weighted by Crippen LogP contribution is 2.19. The molecule has 0 aliphatic carbocycles. The van der Waals surface area contributed by atoms with Crippen LogP contribution in [0.3, 0.4) is 0 Å². The summed E-state index contributed by atoms with van der Waals surface area (Å²) >= 11 is 0. The Labute approximate surface area is 92.0 Å². The van der Waals surface area contributed by atoms with E-state index in [1.54, 1.807) is 12.1 Å². The van der Waals surface area contributed by atoms with E-state index in [9.17, 15) is 8.78 Å². The van der Waals surface area contributed by atoms with Crippen LogP contribution in [0.5, 0.6) is 0 Å². The molecule has 0 N–H and O–H groups in total. The molecule has 1 rings (SSSR count).